The van der Waals surface area contributed by atoms with E-state index in [4.69, 9.17) is 23.7 Å². The van der Waals surface area contributed by atoms with Crippen LogP contribution in [0.4, 0.5) is 0 Å². The number of hydrogen-bond donors (Lipinski definition) is 0. The van der Waals surface area contributed by atoms with Crippen molar-refractivity contribution < 1.29 is 23.7 Å². The summed E-state index contributed by atoms with van der Waals surface area (Å²) in [5, 5.41) is 0. The van der Waals surface area contributed by atoms with E-state index in [1.54, 1.807) is 19.4 Å². The third-order valence-electron chi connectivity index (χ3n) is 5.18. The van der Waals surface area contributed by atoms with Crippen molar-refractivity contribution in [2.45, 2.75) is 26.6 Å². The van der Waals surface area contributed by atoms with Crippen LogP contribution in [0, 0.1) is 13.8 Å². The molecule has 168 valence electrons. The van der Waals surface area contributed by atoms with E-state index in [1.165, 1.54) is 0 Å². The van der Waals surface area contributed by atoms with Crippen molar-refractivity contribution in [1.82, 2.24) is 9.97 Å². The van der Waals surface area contributed by atoms with Gasteiger partial charge in [0.1, 0.15) is 30.8 Å². The van der Waals surface area contributed by atoms with Crippen LogP contribution in [0.2, 0.25) is 0 Å². The predicted octanol–water partition coefficient (Wildman–Crippen LogP) is 4.14. The molecule has 4 rings (SSSR count). The van der Waals surface area contributed by atoms with Gasteiger partial charge in [-0.1, -0.05) is 6.07 Å². The molecule has 1 unspecified atom stereocenters. The number of methoxy groups -OCH3 is 1. The molecule has 0 N–H and O–H groups in total. The smallest absolute Gasteiger partial charge is 0.217 e. The van der Waals surface area contributed by atoms with Crippen molar-refractivity contribution >= 4 is 0 Å². The van der Waals surface area contributed by atoms with Crippen LogP contribution >= 0.6 is 0 Å². The average Bonchev–Trinajstić information content (AvgIpc) is 2.82. The van der Waals surface area contributed by atoms with Gasteiger partial charge in [-0.25, -0.2) is 4.98 Å². The number of nitrogens with zero attached hydrogens (tertiary/aromatic N) is 2. The Hall–Kier alpha value is -3.16. The van der Waals surface area contributed by atoms with Gasteiger partial charge >= 0.3 is 0 Å². The van der Waals surface area contributed by atoms with Gasteiger partial charge in [-0.05, 0) is 49.2 Å². The molecule has 3 aromatic rings. The number of benzene rings is 1. The second-order valence-electron chi connectivity index (χ2n) is 7.65. The fourth-order valence-corrected chi connectivity index (χ4v) is 3.67. The Morgan fingerprint density at radius 1 is 1.00 bits per heavy atom. The van der Waals surface area contributed by atoms with E-state index in [9.17, 15) is 0 Å². The third kappa shape index (κ3) is 5.55. The lowest BCUT2D eigenvalue weighted by atomic mass is 9.99. The summed E-state index contributed by atoms with van der Waals surface area (Å²) in [7, 11) is 1.60. The molecule has 1 aromatic carbocycles. The van der Waals surface area contributed by atoms with Crippen LogP contribution in [-0.2, 0) is 16.1 Å². The third-order valence-corrected chi connectivity index (χ3v) is 5.18. The van der Waals surface area contributed by atoms with E-state index in [0.717, 1.165) is 33.8 Å². The molecule has 2 aromatic heterocycles. The predicted molar refractivity (Wildman–Crippen MR) is 120 cm³/mol. The topological polar surface area (TPSA) is 71.9 Å². The van der Waals surface area contributed by atoms with Gasteiger partial charge in [0.05, 0.1) is 38.3 Å². The van der Waals surface area contributed by atoms with Crippen molar-refractivity contribution in [3.05, 3.63) is 65.5 Å². The number of pyridine rings is 2. The number of hydrogen-bond acceptors (Lipinski definition) is 7. The maximum Gasteiger partial charge on any atom is 0.217 e. The second kappa shape index (κ2) is 10.4. The van der Waals surface area contributed by atoms with Gasteiger partial charge in [-0.3, -0.25) is 4.98 Å². The van der Waals surface area contributed by atoms with E-state index < -0.39 is 0 Å². The summed E-state index contributed by atoms with van der Waals surface area (Å²) in [6, 6.07) is 13.5. The maximum absolute atomic E-state index is 5.98. The van der Waals surface area contributed by atoms with Gasteiger partial charge in [0.25, 0.3) is 0 Å². The van der Waals surface area contributed by atoms with Gasteiger partial charge < -0.3 is 23.7 Å². The van der Waals surface area contributed by atoms with Crippen LogP contribution in [0.25, 0.3) is 11.3 Å². The molecule has 1 aliphatic heterocycles. The molecule has 1 atom stereocenters. The minimum absolute atomic E-state index is 0.0784. The lowest BCUT2D eigenvalue weighted by molar-refractivity contribution is -0.101. The molecule has 7 heteroatoms. The highest BCUT2D eigenvalue weighted by molar-refractivity contribution is 5.70. The fraction of sp³-hybridized carbons (Fsp3) is 0.360. The SMILES string of the molecule is COc1cc(OCC2COCCO2)cc(-c2c(C)cc(OCc3ccccn3)cc2C)n1. The van der Waals surface area contributed by atoms with Gasteiger partial charge in [0.2, 0.25) is 5.88 Å². The first kappa shape index (κ1) is 22.0. The van der Waals surface area contributed by atoms with Crippen LogP contribution in [-0.4, -0.2) is 49.6 Å². The van der Waals surface area contributed by atoms with E-state index in [2.05, 4.69) is 9.97 Å². The molecule has 0 amide bonds. The van der Waals surface area contributed by atoms with Gasteiger partial charge in [-0.2, -0.15) is 0 Å². The van der Waals surface area contributed by atoms with E-state index >= 15 is 0 Å². The highest BCUT2D eigenvalue weighted by atomic mass is 16.6. The monoisotopic (exact) mass is 436 g/mol. The molecule has 0 spiro atoms. The summed E-state index contributed by atoms with van der Waals surface area (Å²) in [6.07, 6.45) is 1.69. The van der Waals surface area contributed by atoms with Crippen LogP contribution in [0.15, 0.2) is 48.7 Å². The lowest BCUT2D eigenvalue weighted by Crippen LogP contribution is -2.33. The molecule has 0 saturated carbocycles. The Morgan fingerprint density at radius 2 is 1.81 bits per heavy atom. The van der Waals surface area contributed by atoms with Crippen molar-refractivity contribution in [3.8, 4) is 28.6 Å². The molecule has 0 bridgehead atoms. The van der Waals surface area contributed by atoms with Gasteiger partial charge in [0, 0.05) is 23.9 Å². The summed E-state index contributed by atoms with van der Waals surface area (Å²) in [4.78, 5) is 8.96. The maximum atomic E-state index is 5.98. The molecule has 1 saturated heterocycles. The molecule has 3 heterocycles. The summed E-state index contributed by atoms with van der Waals surface area (Å²) in [5.74, 6) is 1.96. The molecular weight excluding hydrogens is 408 g/mol. The average molecular weight is 437 g/mol. The van der Waals surface area contributed by atoms with Crippen molar-refractivity contribution in [2.24, 2.45) is 0 Å². The highest BCUT2D eigenvalue weighted by Gasteiger charge is 2.17. The van der Waals surface area contributed by atoms with Gasteiger partial charge in [0.15, 0.2) is 0 Å². The summed E-state index contributed by atoms with van der Waals surface area (Å²) < 4.78 is 28.5. The Bertz CT molecular complexity index is 1010. The van der Waals surface area contributed by atoms with E-state index in [0.29, 0.717) is 44.7 Å². The first-order valence-corrected chi connectivity index (χ1v) is 10.6. The zero-order valence-electron chi connectivity index (χ0n) is 18.7. The zero-order chi connectivity index (χ0) is 22.3. The standard InChI is InChI=1S/C25H28N2O5/c1-17-10-20(31-14-19-6-4-5-7-26-19)11-18(2)25(17)23-12-21(13-24(27-23)28-3)32-16-22-15-29-8-9-30-22/h4-7,10-13,22H,8-9,14-16H2,1-3H3. The Kier molecular flexibility index (Phi) is 7.19. The minimum atomic E-state index is -0.0784. The van der Waals surface area contributed by atoms with Gasteiger partial charge in [-0.15, -0.1) is 0 Å². The van der Waals surface area contributed by atoms with Crippen LogP contribution in [0.5, 0.6) is 17.4 Å². The minimum Gasteiger partial charge on any atom is -0.491 e. The molecule has 32 heavy (non-hydrogen) atoms. The number of ether oxygens (including phenoxy) is 5. The quantitative estimate of drug-likeness (QED) is 0.525. The molecule has 0 radical (unpaired) electrons. The molecule has 7 nitrogen and oxygen atoms in total. The van der Waals surface area contributed by atoms with Crippen LogP contribution in [0.1, 0.15) is 16.8 Å². The lowest BCUT2D eigenvalue weighted by Gasteiger charge is -2.23. The summed E-state index contributed by atoms with van der Waals surface area (Å²) in [5.41, 5.74) is 4.80. The number of aryl methyl sites for hydroxylation is 2. The molecule has 1 aliphatic rings. The van der Waals surface area contributed by atoms with Crippen molar-refractivity contribution in [1.29, 1.82) is 0 Å². The summed E-state index contributed by atoms with van der Waals surface area (Å²) in [6.45, 7) is 6.67. The Morgan fingerprint density at radius 3 is 2.50 bits per heavy atom. The second-order valence-corrected chi connectivity index (χ2v) is 7.65. The largest absolute Gasteiger partial charge is 0.491 e. The number of aromatic nitrogens is 2. The van der Waals surface area contributed by atoms with E-state index in [1.807, 2.05) is 50.2 Å². The zero-order valence-corrected chi connectivity index (χ0v) is 18.7. The fourth-order valence-electron chi connectivity index (χ4n) is 3.67. The molecule has 0 aliphatic carbocycles. The van der Waals surface area contributed by atoms with Crippen LogP contribution < -0.4 is 14.2 Å². The number of rotatable bonds is 8. The van der Waals surface area contributed by atoms with E-state index in [-0.39, 0.29) is 6.10 Å². The highest BCUT2D eigenvalue weighted by Crippen LogP contribution is 2.33. The Labute approximate surface area is 188 Å². The Balaban J connectivity index is 1.53. The summed E-state index contributed by atoms with van der Waals surface area (Å²) >= 11 is 0. The van der Waals surface area contributed by atoms with Crippen molar-refractivity contribution in [3.63, 3.8) is 0 Å². The molecule has 1 fully saturated rings. The van der Waals surface area contributed by atoms with Crippen LogP contribution in [0.3, 0.4) is 0 Å². The first-order chi connectivity index (χ1) is 15.6. The van der Waals surface area contributed by atoms with Crippen molar-refractivity contribution in [2.75, 3.05) is 33.5 Å². The molecular formula is C25H28N2O5. The first-order valence-electron chi connectivity index (χ1n) is 10.6. The normalized spacial score (nSPS) is 15.9.